The van der Waals surface area contributed by atoms with E-state index in [1.165, 1.54) is 19.3 Å². The molecular formula is C23H22ClN5O2. The number of benzene rings is 1. The number of hydrogen-bond donors (Lipinski definition) is 2. The van der Waals surface area contributed by atoms with Crippen molar-refractivity contribution in [3.05, 3.63) is 51.5 Å². The molecule has 2 aliphatic rings. The maximum Gasteiger partial charge on any atom is 0.295 e. The highest BCUT2D eigenvalue weighted by Gasteiger charge is 2.31. The average molecular weight is 436 g/mol. The second-order valence-corrected chi connectivity index (χ2v) is 8.50. The molecule has 2 N–H and O–H groups in total. The van der Waals surface area contributed by atoms with E-state index in [0.717, 1.165) is 28.7 Å². The van der Waals surface area contributed by atoms with Crippen LogP contribution >= 0.6 is 11.6 Å². The molecule has 1 aliphatic heterocycles. The number of halogens is 1. The van der Waals surface area contributed by atoms with E-state index in [2.05, 4.69) is 21.7 Å². The molecule has 158 valence electrons. The molecule has 0 saturated heterocycles. The Hall–Kier alpha value is -3.24. The van der Waals surface area contributed by atoms with Crippen LogP contribution in [0.1, 0.15) is 31.2 Å². The molecule has 0 spiro atoms. The summed E-state index contributed by atoms with van der Waals surface area (Å²) in [4.78, 5) is 16.9. The third-order valence-corrected chi connectivity index (χ3v) is 6.66. The van der Waals surface area contributed by atoms with Gasteiger partial charge < -0.3 is 19.9 Å². The second kappa shape index (κ2) is 7.78. The zero-order valence-corrected chi connectivity index (χ0v) is 17.9. The number of ether oxygens (including phenoxy) is 1. The highest BCUT2D eigenvalue weighted by molar-refractivity contribution is 6.31. The number of aryl methyl sites for hydroxylation is 1. The summed E-state index contributed by atoms with van der Waals surface area (Å²) in [6.07, 6.45) is 6.12. The molecule has 0 amide bonds. The average Bonchev–Trinajstić information content (AvgIpc) is 2.94. The number of anilines is 3. The van der Waals surface area contributed by atoms with Gasteiger partial charge in [-0.05, 0) is 43.0 Å². The Balaban J connectivity index is 1.62. The van der Waals surface area contributed by atoms with Crippen molar-refractivity contribution in [1.82, 2.24) is 9.55 Å². The van der Waals surface area contributed by atoms with Crippen molar-refractivity contribution in [3.63, 3.8) is 0 Å². The van der Waals surface area contributed by atoms with E-state index in [1.54, 1.807) is 23.9 Å². The number of hydrogen-bond acceptors (Lipinski definition) is 6. The summed E-state index contributed by atoms with van der Waals surface area (Å²) in [6.45, 7) is 0.529. The Morgan fingerprint density at radius 2 is 2.16 bits per heavy atom. The van der Waals surface area contributed by atoms with Crippen molar-refractivity contribution in [3.8, 4) is 11.8 Å². The molecular weight excluding hydrogens is 414 g/mol. The maximum atomic E-state index is 13.0. The van der Waals surface area contributed by atoms with Crippen molar-refractivity contribution in [2.24, 2.45) is 13.0 Å². The quantitative estimate of drug-likeness (QED) is 0.585. The van der Waals surface area contributed by atoms with Crippen LogP contribution in [0.2, 0.25) is 5.15 Å². The van der Waals surface area contributed by atoms with Crippen LogP contribution in [-0.2, 0) is 7.05 Å². The number of nitrogens with zero attached hydrogens (tertiary/aromatic N) is 3. The van der Waals surface area contributed by atoms with E-state index in [0.29, 0.717) is 30.0 Å². The zero-order valence-electron chi connectivity index (χ0n) is 17.1. The molecule has 3 aromatic rings. The molecule has 2 aromatic heterocycles. The van der Waals surface area contributed by atoms with Crippen LogP contribution in [0.15, 0.2) is 35.3 Å². The van der Waals surface area contributed by atoms with Crippen LogP contribution in [0.25, 0.3) is 10.9 Å². The summed E-state index contributed by atoms with van der Waals surface area (Å²) in [7, 11) is 1.76. The van der Waals surface area contributed by atoms with Crippen LogP contribution in [0, 0.1) is 17.2 Å². The second-order valence-electron chi connectivity index (χ2n) is 8.14. The number of pyridine rings is 2. The molecule has 3 heterocycles. The fraction of sp³-hybridized carbons (Fsp3) is 0.348. The fourth-order valence-corrected chi connectivity index (χ4v) is 4.62. The first-order valence-electron chi connectivity index (χ1n) is 10.4. The van der Waals surface area contributed by atoms with Gasteiger partial charge in [-0.1, -0.05) is 18.0 Å². The SMILES string of the molecule is Cn1c(=O)c2c(c3cc(Nc4ccnc(Cl)c4C#N)ccc31)NC(C1CCC1)CCO2. The summed E-state index contributed by atoms with van der Waals surface area (Å²) in [6, 6.07) is 9.86. The molecule has 1 unspecified atom stereocenters. The minimum atomic E-state index is -0.141. The normalized spacial score (nSPS) is 18.2. The van der Waals surface area contributed by atoms with E-state index in [9.17, 15) is 10.1 Å². The first kappa shape index (κ1) is 19.7. The molecule has 7 nitrogen and oxygen atoms in total. The fourth-order valence-electron chi connectivity index (χ4n) is 4.42. The monoisotopic (exact) mass is 435 g/mol. The molecule has 1 aromatic carbocycles. The van der Waals surface area contributed by atoms with Gasteiger partial charge in [-0.15, -0.1) is 0 Å². The lowest BCUT2D eigenvalue weighted by atomic mass is 9.78. The summed E-state index contributed by atoms with van der Waals surface area (Å²) in [5.74, 6) is 0.991. The molecule has 1 fully saturated rings. The van der Waals surface area contributed by atoms with Gasteiger partial charge in [0.05, 0.1) is 23.5 Å². The third-order valence-electron chi connectivity index (χ3n) is 6.37. The van der Waals surface area contributed by atoms with E-state index < -0.39 is 0 Å². The number of rotatable bonds is 3. The predicted octanol–water partition coefficient (Wildman–Crippen LogP) is 4.57. The Kier molecular flexibility index (Phi) is 4.95. The largest absolute Gasteiger partial charge is 0.486 e. The van der Waals surface area contributed by atoms with Gasteiger partial charge in [0.2, 0.25) is 5.75 Å². The van der Waals surface area contributed by atoms with Gasteiger partial charge in [0, 0.05) is 36.8 Å². The molecule has 0 radical (unpaired) electrons. The van der Waals surface area contributed by atoms with E-state index >= 15 is 0 Å². The highest BCUT2D eigenvalue weighted by Crippen LogP contribution is 2.39. The van der Waals surface area contributed by atoms with Crippen molar-refractivity contribution < 1.29 is 4.74 Å². The minimum absolute atomic E-state index is 0.141. The van der Waals surface area contributed by atoms with Gasteiger partial charge in [-0.25, -0.2) is 4.98 Å². The number of nitriles is 1. The van der Waals surface area contributed by atoms with Crippen LogP contribution < -0.4 is 20.9 Å². The van der Waals surface area contributed by atoms with Gasteiger partial charge in [0.15, 0.2) is 0 Å². The van der Waals surface area contributed by atoms with E-state index in [4.69, 9.17) is 16.3 Å². The molecule has 5 rings (SSSR count). The number of fused-ring (bicyclic) bond motifs is 3. The molecule has 8 heteroatoms. The molecule has 1 saturated carbocycles. The highest BCUT2D eigenvalue weighted by atomic mass is 35.5. The van der Waals surface area contributed by atoms with Crippen molar-refractivity contribution in [2.75, 3.05) is 17.2 Å². The third kappa shape index (κ3) is 3.37. The standard InChI is InChI=1S/C23H22ClN5O2/c1-29-19-6-5-14(27-18-7-9-26-22(24)16(18)12-25)11-15(19)20-21(23(29)30)31-10-8-17(28-20)13-3-2-4-13/h5-7,9,11,13,17,28H,2-4,8,10H2,1H3,(H,26,27). The van der Waals surface area contributed by atoms with E-state index in [-0.39, 0.29) is 16.3 Å². The lowest BCUT2D eigenvalue weighted by Gasteiger charge is -2.34. The summed E-state index contributed by atoms with van der Waals surface area (Å²) in [5.41, 5.74) is 3.07. The lowest BCUT2D eigenvalue weighted by molar-refractivity contribution is 0.236. The summed E-state index contributed by atoms with van der Waals surface area (Å²) in [5, 5.41) is 17.4. The van der Waals surface area contributed by atoms with Crippen LogP contribution in [-0.4, -0.2) is 22.2 Å². The van der Waals surface area contributed by atoms with E-state index in [1.807, 2.05) is 18.2 Å². The van der Waals surface area contributed by atoms with Crippen molar-refractivity contribution in [1.29, 1.82) is 5.26 Å². The molecule has 0 bridgehead atoms. The zero-order chi connectivity index (χ0) is 21.5. The van der Waals surface area contributed by atoms with Crippen LogP contribution in [0.4, 0.5) is 17.1 Å². The Labute approximate surface area is 184 Å². The van der Waals surface area contributed by atoms with Gasteiger partial charge in [-0.3, -0.25) is 4.79 Å². The van der Waals surface area contributed by atoms with Crippen LogP contribution in [0.5, 0.6) is 5.75 Å². The first-order chi connectivity index (χ1) is 15.1. The number of nitrogens with one attached hydrogen (secondary N) is 2. The van der Waals surface area contributed by atoms with Gasteiger partial charge in [0.25, 0.3) is 5.56 Å². The lowest BCUT2D eigenvalue weighted by Crippen LogP contribution is -2.34. The topological polar surface area (TPSA) is 92.0 Å². The van der Waals surface area contributed by atoms with Gasteiger partial charge >= 0.3 is 0 Å². The summed E-state index contributed by atoms with van der Waals surface area (Å²) < 4.78 is 7.56. The van der Waals surface area contributed by atoms with Crippen molar-refractivity contribution >= 4 is 39.6 Å². The Bertz CT molecular complexity index is 1280. The van der Waals surface area contributed by atoms with Crippen molar-refractivity contribution in [2.45, 2.75) is 31.7 Å². The number of aromatic nitrogens is 2. The molecule has 1 atom stereocenters. The van der Waals surface area contributed by atoms with Gasteiger partial charge in [-0.2, -0.15) is 5.26 Å². The molecule has 1 aliphatic carbocycles. The van der Waals surface area contributed by atoms with Gasteiger partial charge in [0.1, 0.15) is 16.8 Å². The predicted molar refractivity (Wildman–Crippen MR) is 121 cm³/mol. The minimum Gasteiger partial charge on any atom is -0.486 e. The maximum absolute atomic E-state index is 13.0. The summed E-state index contributed by atoms with van der Waals surface area (Å²) >= 11 is 6.07. The Morgan fingerprint density at radius 1 is 1.32 bits per heavy atom. The van der Waals surface area contributed by atoms with Crippen LogP contribution in [0.3, 0.4) is 0 Å². The molecule has 31 heavy (non-hydrogen) atoms. The first-order valence-corrected chi connectivity index (χ1v) is 10.8. The Morgan fingerprint density at radius 3 is 2.90 bits per heavy atom. The smallest absolute Gasteiger partial charge is 0.295 e.